The van der Waals surface area contributed by atoms with Gasteiger partial charge in [0.15, 0.2) is 0 Å². The van der Waals surface area contributed by atoms with Crippen LogP contribution in [0.1, 0.15) is 10.6 Å². The van der Waals surface area contributed by atoms with Gasteiger partial charge in [0.1, 0.15) is 16.3 Å². The summed E-state index contributed by atoms with van der Waals surface area (Å²) in [5, 5.41) is 2.14. The number of thiazole rings is 1. The predicted molar refractivity (Wildman–Crippen MR) is 119 cm³/mol. The van der Waals surface area contributed by atoms with E-state index in [1.165, 1.54) is 9.71 Å². The van der Waals surface area contributed by atoms with Gasteiger partial charge in [-0.3, -0.25) is 9.80 Å². The first-order valence-electron chi connectivity index (χ1n) is 10.1. The number of hydrogen-bond donors (Lipinski definition) is 0. The Morgan fingerprint density at radius 2 is 1.80 bits per heavy atom. The molecule has 5 rings (SSSR count). The van der Waals surface area contributed by atoms with Crippen LogP contribution in [0.2, 0.25) is 0 Å². The molecule has 2 aromatic carbocycles. The molecule has 0 aliphatic carbocycles. The number of para-hydroxylation sites is 1. The van der Waals surface area contributed by atoms with Gasteiger partial charge in [0.25, 0.3) is 0 Å². The fourth-order valence-corrected chi connectivity index (χ4v) is 5.00. The first kappa shape index (κ1) is 19.2. The van der Waals surface area contributed by atoms with E-state index in [4.69, 9.17) is 14.1 Å². The molecule has 0 radical (unpaired) electrons. The molecule has 1 aliphatic heterocycles. The number of methoxy groups -OCH3 is 1. The molecule has 1 saturated heterocycles. The molecule has 1 fully saturated rings. The van der Waals surface area contributed by atoms with Crippen LogP contribution in [0.25, 0.3) is 21.2 Å². The molecule has 0 bridgehead atoms. The first-order valence-corrected chi connectivity index (χ1v) is 10.9. The molecule has 0 atom stereocenters. The Labute approximate surface area is 178 Å². The van der Waals surface area contributed by atoms with Gasteiger partial charge in [-0.15, -0.1) is 11.3 Å². The summed E-state index contributed by atoms with van der Waals surface area (Å²) in [6.07, 6.45) is 0. The fourth-order valence-electron chi connectivity index (χ4n) is 3.99. The van der Waals surface area contributed by atoms with Crippen molar-refractivity contribution in [3.8, 4) is 5.75 Å². The van der Waals surface area contributed by atoms with Crippen molar-refractivity contribution in [2.24, 2.45) is 0 Å². The summed E-state index contributed by atoms with van der Waals surface area (Å²) < 4.78 is 11.9. The summed E-state index contributed by atoms with van der Waals surface area (Å²) in [6, 6.07) is 15.6. The quantitative estimate of drug-likeness (QED) is 0.458. The Morgan fingerprint density at radius 3 is 2.57 bits per heavy atom. The number of ether oxygens (including phenoxy) is 1. The van der Waals surface area contributed by atoms with Crippen molar-refractivity contribution >= 4 is 32.5 Å². The third-order valence-corrected chi connectivity index (χ3v) is 6.61. The Balaban J connectivity index is 1.25. The van der Waals surface area contributed by atoms with Crippen LogP contribution >= 0.6 is 11.3 Å². The van der Waals surface area contributed by atoms with Crippen molar-refractivity contribution in [1.82, 2.24) is 14.8 Å². The summed E-state index contributed by atoms with van der Waals surface area (Å²) in [6.45, 7) is 5.53. The summed E-state index contributed by atoms with van der Waals surface area (Å²) in [7, 11) is 1.61. The van der Waals surface area contributed by atoms with Crippen LogP contribution in [0.5, 0.6) is 5.75 Å². The van der Waals surface area contributed by atoms with Gasteiger partial charge >= 0.3 is 5.63 Å². The second-order valence-electron chi connectivity index (χ2n) is 7.58. The van der Waals surface area contributed by atoms with Gasteiger partial charge in [0, 0.05) is 50.2 Å². The highest BCUT2D eigenvalue weighted by Crippen LogP contribution is 2.25. The lowest BCUT2D eigenvalue weighted by Gasteiger charge is -2.34. The average Bonchev–Trinajstić information content (AvgIpc) is 3.17. The van der Waals surface area contributed by atoms with E-state index in [9.17, 15) is 4.79 Å². The Bertz CT molecular complexity index is 1210. The van der Waals surface area contributed by atoms with E-state index >= 15 is 0 Å². The average molecular weight is 422 g/mol. The largest absolute Gasteiger partial charge is 0.497 e. The fraction of sp³-hybridized carbons (Fsp3) is 0.304. The minimum atomic E-state index is -0.319. The first-order chi connectivity index (χ1) is 14.7. The van der Waals surface area contributed by atoms with E-state index in [1.54, 1.807) is 30.6 Å². The van der Waals surface area contributed by atoms with Crippen molar-refractivity contribution in [3.63, 3.8) is 0 Å². The molecule has 3 heterocycles. The molecule has 4 aromatic rings. The predicted octanol–water partition coefficient (Wildman–Crippen LogP) is 3.73. The number of aromatic nitrogens is 1. The van der Waals surface area contributed by atoms with Gasteiger partial charge < -0.3 is 9.15 Å². The van der Waals surface area contributed by atoms with Crippen LogP contribution in [0.3, 0.4) is 0 Å². The lowest BCUT2D eigenvalue weighted by atomic mass is 10.1. The Kier molecular flexibility index (Phi) is 5.25. The van der Waals surface area contributed by atoms with Gasteiger partial charge in [-0.05, 0) is 29.8 Å². The Morgan fingerprint density at radius 1 is 1.03 bits per heavy atom. The zero-order valence-electron chi connectivity index (χ0n) is 16.8. The van der Waals surface area contributed by atoms with Gasteiger partial charge in [-0.2, -0.15) is 0 Å². The highest BCUT2D eigenvalue weighted by molar-refractivity contribution is 7.18. The van der Waals surface area contributed by atoms with Crippen LogP contribution < -0.4 is 10.4 Å². The van der Waals surface area contributed by atoms with Gasteiger partial charge in [-0.25, -0.2) is 9.78 Å². The van der Waals surface area contributed by atoms with Gasteiger partial charge in [-0.1, -0.05) is 12.1 Å². The van der Waals surface area contributed by atoms with Crippen LogP contribution in [-0.4, -0.2) is 48.1 Å². The van der Waals surface area contributed by atoms with E-state index < -0.39 is 0 Å². The molecule has 30 heavy (non-hydrogen) atoms. The van der Waals surface area contributed by atoms with E-state index in [0.29, 0.717) is 11.3 Å². The maximum Gasteiger partial charge on any atom is 0.336 e. The molecule has 7 heteroatoms. The third kappa shape index (κ3) is 3.96. The topological polar surface area (TPSA) is 58.8 Å². The number of benzene rings is 2. The zero-order chi connectivity index (χ0) is 20.5. The smallest absolute Gasteiger partial charge is 0.336 e. The lowest BCUT2D eigenvalue weighted by molar-refractivity contribution is 0.122. The molecule has 0 N–H and O–H groups in total. The maximum atomic E-state index is 12.0. The maximum absolute atomic E-state index is 12.0. The number of nitrogens with zero attached hydrogens (tertiary/aromatic N) is 3. The van der Waals surface area contributed by atoms with Crippen molar-refractivity contribution in [3.05, 3.63) is 69.5 Å². The molecular weight excluding hydrogens is 398 g/mol. The molecule has 0 amide bonds. The number of piperazine rings is 1. The number of hydrogen-bond acceptors (Lipinski definition) is 7. The summed E-state index contributed by atoms with van der Waals surface area (Å²) in [5.74, 6) is 0.686. The highest BCUT2D eigenvalue weighted by Gasteiger charge is 2.19. The monoisotopic (exact) mass is 421 g/mol. The van der Waals surface area contributed by atoms with E-state index in [2.05, 4.69) is 28.0 Å². The standard InChI is InChI=1S/C23H23N3O3S/c1-28-17-6-7-18-16(12-23(27)29-20(18)13-17)14-25-8-10-26(11-9-25)15-22-24-19-4-2-3-5-21(19)30-22/h2-7,12-13H,8-11,14-15H2,1H3. The van der Waals surface area contributed by atoms with Gasteiger partial charge in [0.2, 0.25) is 0 Å². The third-order valence-electron chi connectivity index (χ3n) is 5.59. The van der Waals surface area contributed by atoms with Crippen molar-refractivity contribution in [1.29, 1.82) is 0 Å². The van der Waals surface area contributed by atoms with Crippen LogP contribution in [0.15, 0.2) is 57.7 Å². The Hall–Kier alpha value is -2.74. The molecule has 0 saturated carbocycles. The van der Waals surface area contributed by atoms with Crippen molar-refractivity contribution in [2.75, 3.05) is 33.3 Å². The lowest BCUT2D eigenvalue weighted by Crippen LogP contribution is -2.45. The molecule has 2 aromatic heterocycles. The highest BCUT2D eigenvalue weighted by atomic mass is 32.1. The molecule has 0 unspecified atom stereocenters. The van der Waals surface area contributed by atoms with Crippen molar-refractivity contribution in [2.45, 2.75) is 13.1 Å². The summed E-state index contributed by atoms with van der Waals surface area (Å²) in [5.41, 5.74) is 2.35. The number of rotatable bonds is 5. The van der Waals surface area contributed by atoms with E-state index in [0.717, 1.165) is 55.7 Å². The SMILES string of the molecule is COc1ccc2c(CN3CCN(Cc4nc5ccccc5s4)CC3)cc(=O)oc2c1. The second kappa shape index (κ2) is 8.18. The zero-order valence-corrected chi connectivity index (χ0v) is 17.7. The molecular formula is C23H23N3O3S. The second-order valence-corrected chi connectivity index (χ2v) is 8.70. The van der Waals surface area contributed by atoms with Gasteiger partial charge in [0.05, 0.1) is 23.9 Å². The minimum absolute atomic E-state index is 0.319. The minimum Gasteiger partial charge on any atom is -0.497 e. The van der Waals surface area contributed by atoms with E-state index in [-0.39, 0.29) is 5.63 Å². The van der Waals surface area contributed by atoms with Crippen LogP contribution in [0, 0.1) is 0 Å². The molecule has 154 valence electrons. The van der Waals surface area contributed by atoms with Crippen LogP contribution in [-0.2, 0) is 13.1 Å². The normalized spacial score (nSPS) is 15.8. The molecule has 1 aliphatic rings. The number of fused-ring (bicyclic) bond motifs is 2. The summed E-state index contributed by atoms with van der Waals surface area (Å²) in [4.78, 5) is 21.6. The van der Waals surface area contributed by atoms with Crippen molar-refractivity contribution < 1.29 is 9.15 Å². The van der Waals surface area contributed by atoms with Crippen LogP contribution in [0.4, 0.5) is 0 Å². The van der Waals surface area contributed by atoms with E-state index in [1.807, 2.05) is 18.2 Å². The molecule has 6 nitrogen and oxygen atoms in total. The summed E-state index contributed by atoms with van der Waals surface area (Å²) >= 11 is 1.78. The molecule has 0 spiro atoms.